The van der Waals surface area contributed by atoms with Crippen LogP contribution in [0.2, 0.25) is 5.15 Å². The lowest BCUT2D eigenvalue weighted by molar-refractivity contribution is -0.111. The number of nitrogens with zero attached hydrogens (tertiary/aromatic N) is 2. The number of hydrogen-bond acceptors (Lipinski definition) is 2. The van der Waals surface area contributed by atoms with Gasteiger partial charge in [-0.05, 0) is 18.8 Å². The summed E-state index contributed by atoms with van der Waals surface area (Å²) >= 11 is 6.12. The zero-order chi connectivity index (χ0) is 11.7. The highest BCUT2D eigenvalue weighted by molar-refractivity contribution is 6.30. The predicted molar refractivity (Wildman–Crippen MR) is 63.7 cm³/mol. The molecule has 0 saturated carbocycles. The monoisotopic (exact) mass is 240 g/mol. The van der Waals surface area contributed by atoms with E-state index in [4.69, 9.17) is 11.6 Å². The van der Waals surface area contributed by atoms with E-state index in [9.17, 15) is 4.79 Å². The Balaban J connectivity index is 2.31. The fourth-order valence-corrected chi connectivity index (χ4v) is 2.53. The normalized spacial score (nSPS) is 19.9. The Hall–Kier alpha value is -0.830. The van der Waals surface area contributed by atoms with E-state index in [1.165, 1.54) is 0 Å². The Morgan fingerprint density at radius 1 is 1.62 bits per heavy atom. The molecule has 1 aromatic rings. The molecule has 1 aliphatic rings. The molecule has 0 saturated heterocycles. The minimum absolute atomic E-state index is 0.128. The molecule has 1 unspecified atom stereocenters. The van der Waals surface area contributed by atoms with Gasteiger partial charge < -0.3 is 9.36 Å². The first-order chi connectivity index (χ1) is 7.61. The summed E-state index contributed by atoms with van der Waals surface area (Å²) in [6.45, 7) is 5.08. The van der Waals surface area contributed by atoms with E-state index in [-0.39, 0.29) is 5.92 Å². The summed E-state index contributed by atoms with van der Waals surface area (Å²) in [5, 5.41) is 0.625. The number of fused-ring (bicyclic) bond motifs is 1. The molecule has 1 atom stereocenters. The van der Waals surface area contributed by atoms with Crippen LogP contribution in [-0.2, 0) is 24.2 Å². The van der Waals surface area contributed by atoms with Crippen molar-refractivity contribution in [1.82, 2.24) is 9.55 Å². The van der Waals surface area contributed by atoms with Crippen LogP contribution in [0.1, 0.15) is 31.8 Å². The molecule has 0 aromatic carbocycles. The van der Waals surface area contributed by atoms with Gasteiger partial charge in [-0.1, -0.05) is 25.4 Å². The lowest BCUT2D eigenvalue weighted by atomic mass is 9.99. The van der Waals surface area contributed by atoms with Crippen LogP contribution in [-0.4, -0.2) is 15.8 Å². The van der Waals surface area contributed by atoms with E-state index in [0.29, 0.717) is 11.1 Å². The van der Waals surface area contributed by atoms with E-state index in [0.717, 1.165) is 43.6 Å². The fraction of sp³-hybridized carbons (Fsp3) is 0.667. The second-order valence-electron chi connectivity index (χ2n) is 4.91. The molecular weight excluding hydrogens is 224 g/mol. The molecule has 0 radical (unpaired) electrons. The van der Waals surface area contributed by atoms with E-state index in [1.54, 1.807) is 0 Å². The minimum atomic E-state index is 0.128. The van der Waals surface area contributed by atoms with Crippen LogP contribution < -0.4 is 0 Å². The maximum atomic E-state index is 10.8. The van der Waals surface area contributed by atoms with Crippen LogP contribution in [0.5, 0.6) is 0 Å². The molecule has 88 valence electrons. The summed E-state index contributed by atoms with van der Waals surface area (Å²) in [6.07, 6.45) is 3.74. The average molecular weight is 241 g/mol. The molecule has 0 N–H and O–H groups in total. The molecule has 16 heavy (non-hydrogen) atoms. The number of halogens is 1. The molecule has 1 aromatic heterocycles. The SMILES string of the molecule is CC(C)Cc1nc(Cl)c2n1CC(C=O)CC2. The van der Waals surface area contributed by atoms with Crippen LogP contribution >= 0.6 is 11.6 Å². The van der Waals surface area contributed by atoms with Crippen LogP contribution in [0.15, 0.2) is 0 Å². The van der Waals surface area contributed by atoms with Crippen molar-refractivity contribution in [2.45, 2.75) is 39.7 Å². The maximum absolute atomic E-state index is 10.8. The first-order valence-corrected chi connectivity index (χ1v) is 6.18. The van der Waals surface area contributed by atoms with Gasteiger partial charge >= 0.3 is 0 Å². The molecule has 2 heterocycles. The van der Waals surface area contributed by atoms with Crippen molar-refractivity contribution in [2.24, 2.45) is 11.8 Å². The van der Waals surface area contributed by atoms with Crippen molar-refractivity contribution < 1.29 is 4.79 Å². The molecule has 0 aliphatic carbocycles. The number of imidazole rings is 1. The van der Waals surface area contributed by atoms with Gasteiger partial charge in [0.05, 0.1) is 5.69 Å². The van der Waals surface area contributed by atoms with Crippen molar-refractivity contribution in [3.63, 3.8) is 0 Å². The first kappa shape index (κ1) is 11.6. The molecule has 0 amide bonds. The van der Waals surface area contributed by atoms with E-state index >= 15 is 0 Å². The second kappa shape index (κ2) is 4.58. The Morgan fingerprint density at radius 3 is 3.00 bits per heavy atom. The Bertz CT molecular complexity index is 398. The van der Waals surface area contributed by atoms with E-state index in [2.05, 4.69) is 23.4 Å². The molecule has 3 nitrogen and oxygen atoms in total. The average Bonchev–Trinajstić information content (AvgIpc) is 2.54. The Kier molecular flexibility index (Phi) is 3.33. The summed E-state index contributed by atoms with van der Waals surface area (Å²) < 4.78 is 2.14. The topological polar surface area (TPSA) is 34.9 Å². The number of carbonyl (C=O) groups excluding carboxylic acids is 1. The number of hydrogen-bond donors (Lipinski definition) is 0. The van der Waals surface area contributed by atoms with Crippen molar-refractivity contribution in [2.75, 3.05) is 0 Å². The van der Waals surface area contributed by atoms with Gasteiger partial charge in [-0.15, -0.1) is 0 Å². The van der Waals surface area contributed by atoms with Gasteiger partial charge in [-0.3, -0.25) is 0 Å². The fourth-order valence-electron chi connectivity index (χ4n) is 2.24. The van der Waals surface area contributed by atoms with Crippen molar-refractivity contribution >= 4 is 17.9 Å². The van der Waals surface area contributed by atoms with Crippen LogP contribution in [0, 0.1) is 11.8 Å². The minimum Gasteiger partial charge on any atom is -0.330 e. The quantitative estimate of drug-likeness (QED) is 0.761. The number of carbonyl (C=O) groups is 1. The number of aromatic nitrogens is 2. The summed E-state index contributed by atoms with van der Waals surface area (Å²) in [7, 11) is 0. The lowest BCUT2D eigenvalue weighted by Crippen LogP contribution is -2.23. The van der Waals surface area contributed by atoms with Crippen molar-refractivity contribution in [3.05, 3.63) is 16.7 Å². The second-order valence-corrected chi connectivity index (χ2v) is 5.27. The maximum Gasteiger partial charge on any atom is 0.150 e. The van der Waals surface area contributed by atoms with Crippen molar-refractivity contribution in [3.8, 4) is 0 Å². The van der Waals surface area contributed by atoms with Gasteiger partial charge in [-0.25, -0.2) is 4.98 Å². The third-order valence-electron chi connectivity index (χ3n) is 3.06. The molecular formula is C12H17ClN2O. The standard InChI is InChI=1S/C12H17ClN2O/c1-8(2)5-11-14-12(13)10-4-3-9(7-16)6-15(10)11/h7-9H,3-6H2,1-2H3. The Labute approximate surface area is 101 Å². The third-order valence-corrected chi connectivity index (χ3v) is 3.36. The van der Waals surface area contributed by atoms with Gasteiger partial charge in [0, 0.05) is 18.9 Å². The molecule has 0 bridgehead atoms. The first-order valence-electron chi connectivity index (χ1n) is 5.81. The van der Waals surface area contributed by atoms with Gasteiger partial charge in [-0.2, -0.15) is 0 Å². The van der Waals surface area contributed by atoms with Gasteiger partial charge in [0.15, 0.2) is 5.15 Å². The molecule has 0 fully saturated rings. The van der Waals surface area contributed by atoms with Crippen LogP contribution in [0.4, 0.5) is 0 Å². The number of aldehydes is 1. The lowest BCUT2D eigenvalue weighted by Gasteiger charge is -2.22. The smallest absolute Gasteiger partial charge is 0.150 e. The molecule has 2 rings (SSSR count). The zero-order valence-electron chi connectivity index (χ0n) is 9.74. The van der Waals surface area contributed by atoms with E-state index in [1.807, 2.05) is 0 Å². The molecule has 0 spiro atoms. The molecule has 4 heteroatoms. The summed E-state index contributed by atoms with van der Waals surface area (Å²) in [5.41, 5.74) is 1.11. The van der Waals surface area contributed by atoms with Crippen LogP contribution in [0.3, 0.4) is 0 Å². The highest BCUT2D eigenvalue weighted by Crippen LogP contribution is 2.27. The van der Waals surface area contributed by atoms with Gasteiger partial charge in [0.25, 0.3) is 0 Å². The highest BCUT2D eigenvalue weighted by atomic mass is 35.5. The van der Waals surface area contributed by atoms with E-state index < -0.39 is 0 Å². The van der Waals surface area contributed by atoms with Gasteiger partial charge in [0.2, 0.25) is 0 Å². The highest BCUT2D eigenvalue weighted by Gasteiger charge is 2.24. The summed E-state index contributed by atoms with van der Waals surface area (Å²) in [4.78, 5) is 15.3. The zero-order valence-corrected chi connectivity index (χ0v) is 10.5. The summed E-state index contributed by atoms with van der Waals surface area (Å²) in [6, 6.07) is 0. The number of rotatable bonds is 3. The molecule has 1 aliphatic heterocycles. The third kappa shape index (κ3) is 2.14. The van der Waals surface area contributed by atoms with Crippen molar-refractivity contribution in [1.29, 1.82) is 0 Å². The van der Waals surface area contributed by atoms with Crippen LogP contribution in [0.25, 0.3) is 0 Å². The largest absolute Gasteiger partial charge is 0.330 e. The Morgan fingerprint density at radius 2 is 2.38 bits per heavy atom. The van der Waals surface area contributed by atoms with Gasteiger partial charge in [0.1, 0.15) is 12.1 Å². The predicted octanol–water partition coefficient (Wildman–Crippen LogP) is 2.50. The summed E-state index contributed by atoms with van der Waals surface area (Å²) in [5.74, 6) is 1.71.